The van der Waals surface area contributed by atoms with Crippen LogP contribution in [0.25, 0.3) is 16.4 Å². The van der Waals surface area contributed by atoms with Crippen molar-refractivity contribution in [3.63, 3.8) is 0 Å². The Morgan fingerprint density at radius 2 is 1.89 bits per heavy atom. The van der Waals surface area contributed by atoms with Gasteiger partial charge in [0.2, 0.25) is 0 Å². The molecule has 0 saturated heterocycles. The number of hydrogen-bond acceptors (Lipinski definition) is 6. The van der Waals surface area contributed by atoms with E-state index in [1.54, 1.807) is 42.5 Å². The van der Waals surface area contributed by atoms with Crippen molar-refractivity contribution in [2.45, 2.75) is 41.7 Å². The minimum Gasteiger partial charge on any atom is -0.234 e. The maximum atomic E-state index is 13.7. The molecule has 2 aliphatic carbocycles. The fourth-order valence-electron chi connectivity index (χ4n) is 4.11. The summed E-state index contributed by atoms with van der Waals surface area (Å²) in [6.07, 6.45) is 1.98. The zero-order chi connectivity index (χ0) is 25.2. The van der Waals surface area contributed by atoms with Crippen LogP contribution in [-0.2, 0) is 15.3 Å². The third kappa shape index (κ3) is 4.22. The molecule has 0 bridgehead atoms. The normalized spacial score (nSPS) is 19.6. The largest absolute Gasteiger partial charge is 0.400 e. The van der Waals surface area contributed by atoms with Gasteiger partial charge in [0, 0.05) is 17.2 Å². The number of nitrogens with zero attached hydrogens (tertiary/aromatic N) is 4. The molecule has 13 heteroatoms. The average Bonchev–Trinajstić information content (AvgIpc) is 3.29. The Kier molecular flexibility index (Phi) is 5.90. The first-order chi connectivity index (χ1) is 16.4. The van der Waals surface area contributed by atoms with E-state index in [4.69, 9.17) is 23.2 Å². The zero-order valence-corrected chi connectivity index (χ0v) is 21.2. The highest BCUT2D eigenvalue weighted by Crippen LogP contribution is 2.60. The lowest BCUT2D eigenvalue weighted by Crippen LogP contribution is -2.28. The lowest BCUT2D eigenvalue weighted by molar-refractivity contribution is -0.160. The van der Waals surface area contributed by atoms with Gasteiger partial charge in [-0.3, -0.25) is 0 Å². The Bertz CT molecular complexity index is 1490. The van der Waals surface area contributed by atoms with Crippen molar-refractivity contribution in [3.8, 4) is 16.4 Å². The lowest BCUT2D eigenvalue weighted by atomic mass is 9.96. The second kappa shape index (κ2) is 8.43. The molecule has 0 radical (unpaired) electrons. The molecule has 1 atom stereocenters. The van der Waals surface area contributed by atoms with Crippen molar-refractivity contribution in [1.82, 2.24) is 20.0 Å². The minimum absolute atomic E-state index is 0.00336. The summed E-state index contributed by atoms with van der Waals surface area (Å²) in [6, 6.07) is 6.76. The van der Waals surface area contributed by atoms with E-state index in [1.807, 2.05) is 0 Å². The summed E-state index contributed by atoms with van der Waals surface area (Å²) in [5.41, 5.74) is -1.34. The maximum absolute atomic E-state index is 13.7. The Balaban J connectivity index is 1.75. The summed E-state index contributed by atoms with van der Waals surface area (Å²) in [6.45, 7) is 0. The second-order valence-electron chi connectivity index (χ2n) is 8.48. The van der Waals surface area contributed by atoms with Gasteiger partial charge in [-0.1, -0.05) is 58.8 Å². The molecule has 0 N–H and O–H groups in total. The number of rotatable bonds is 5. The zero-order valence-electron chi connectivity index (χ0n) is 18.1. The van der Waals surface area contributed by atoms with Gasteiger partial charge in [0.1, 0.15) is 21.0 Å². The molecule has 0 aliphatic heterocycles. The van der Waals surface area contributed by atoms with Crippen LogP contribution < -0.4 is 0 Å². The van der Waals surface area contributed by atoms with E-state index >= 15 is 0 Å². The van der Waals surface area contributed by atoms with Crippen LogP contribution in [0.3, 0.4) is 0 Å². The number of benzene rings is 1. The number of aromatic nitrogens is 4. The fourth-order valence-corrected chi connectivity index (χ4v) is 6.76. The molecule has 3 aromatic rings. The molecule has 1 unspecified atom stereocenters. The summed E-state index contributed by atoms with van der Waals surface area (Å²) in [7, 11) is -3.91. The Morgan fingerprint density at radius 3 is 2.46 bits per heavy atom. The lowest BCUT2D eigenvalue weighted by Gasteiger charge is -2.18. The van der Waals surface area contributed by atoms with Gasteiger partial charge in [-0.25, -0.2) is 13.1 Å². The molecule has 0 spiro atoms. The van der Waals surface area contributed by atoms with Crippen LogP contribution in [0.4, 0.5) is 13.2 Å². The highest BCUT2D eigenvalue weighted by atomic mass is 35.5. The number of alkyl halides is 3. The van der Waals surface area contributed by atoms with E-state index in [9.17, 15) is 21.6 Å². The van der Waals surface area contributed by atoms with E-state index in [0.717, 1.165) is 6.26 Å². The van der Waals surface area contributed by atoms with Crippen LogP contribution in [0.1, 0.15) is 35.9 Å². The van der Waals surface area contributed by atoms with Crippen LogP contribution in [-0.4, -0.2) is 40.8 Å². The van der Waals surface area contributed by atoms with Crippen LogP contribution in [0.2, 0.25) is 5.02 Å². The summed E-state index contributed by atoms with van der Waals surface area (Å²) >= 11 is 13.2. The van der Waals surface area contributed by atoms with Gasteiger partial charge in [-0.15, -0.1) is 10.2 Å². The summed E-state index contributed by atoms with van der Waals surface area (Å²) in [5, 5.41) is 12.9. The summed E-state index contributed by atoms with van der Waals surface area (Å²) in [4.78, 5) is -0.127. The van der Waals surface area contributed by atoms with E-state index in [1.165, 1.54) is 4.68 Å². The SMILES string of the molecule is CS(=O)(=O)c1c(-c2nnc(C3(C(F)(F)F)CC3)s2)nn(-c2ccccc2Cl)c1C1C=CC(Cl)=CC1. The molecule has 6 nitrogen and oxygen atoms in total. The number of allylic oxidation sites excluding steroid dienone is 4. The fraction of sp³-hybridized carbons (Fsp3) is 0.318. The number of para-hydroxylation sites is 1. The summed E-state index contributed by atoms with van der Waals surface area (Å²) < 4.78 is 68.6. The Morgan fingerprint density at radius 1 is 1.17 bits per heavy atom. The standard InChI is InChI=1S/C22H17Cl2F3N4O2S2/c1-35(32,33)18-16(19-28-29-20(34-19)21(10-11-21)22(25,26)27)30-31(15-5-3-2-4-14(15)24)17(18)12-6-8-13(23)9-7-12/h2-6,8-9,12H,7,10-11H2,1H3. The van der Waals surface area contributed by atoms with Crippen molar-refractivity contribution in [2.75, 3.05) is 6.26 Å². The average molecular weight is 561 g/mol. The Labute approximate surface area is 213 Å². The summed E-state index contributed by atoms with van der Waals surface area (Å²) in [5.74, 6) is -0.433. The van der Waals surface area contributed by atoms with E-state index in [2.05, 4.69) is 15.3 Å². The highest BCUT2D eigenvalue weighted by Gasteiger charge is 2.66. The van der Waals surface area contributed by atoms with Gasteiger partial charge in [0.05, 0.1) is 16.4 Å². The van der Waals surface area contributed by atoms with E-state index < -0.39 is 27.3 Å². The molecule has 35 heavy (non-hydrogen) atoms. The molecule has 5 rings (SSSR count). The monoisotopic (exact) mass is 560 g/mol. The van der Waals surface area contributed by atoms with Crippen LogP contribution in [0.5, 0.6) is 0 Å². The molecule has 184 valence electrons. The molecule has 2 aromatic heterocycles. The van der Waals surface area contributed by atoms with Crippen LogP contribution >= 0.6 is 34.5 Å². The van der Waals surface area contributed by atoms with Gasteiger partial charge in [-0.2, -0.15) is 18.3 Å². The molecule has 1 saturated carbocycles. The van der Waals surface area contributed by atoms with E-state index in [-0.39, 0.29) is 33.4 Å². The van der Waals surface area contributed by atoms with Gasteiger partial charge in [0.25, 0.3) is 0 Å². The molecule has 1 aromatic carbocycles. The molecule has 0 amide bonds. The molecular formula is C22H17Cl2F3N4O2S2. The maximum Gasteiger partial charge on any atom is 0.400 e. The topological polar surface area (TPSA) is 77.7 Å². The minimum atomic E-state index is -4.47. The van der Waals surface area contributed by atoms with Gasteiger partial charge < -0.3 is 0 Å². The Hall–Kier alpha value is -2.21. The van der Waals surface area contributed by atoms with Crippen molar-refractivity contribution in [1.29, 1.82) is 0 Å². The van der Waals surface area contributed by atoms with Crippen molar-refractivity contribution in [2.24, 2.45) is 0 Å². The van der Waals surface area contributed by atoms with Crippen molar-refractivity contribution >= 4 is 44.4 Å². The molecule has 2 aliphatic rings. The van der Waals surface area contributed by atoms with Gasteiger partial charge >= 0.3 is 6.18 Å². The van der Waals surface area contributed by atoms with Crippen LogP contribution in [0, 0.1) is 0 Å². The molecule has 2 heterocycles. The number of halogens is 5. The predicted molar refractivity (Wildman–Crippen MR) is 128 cm³/mol. The van der Waals surface area contributed by atoms with Crippen molar-refractivity contribution < 1.29 is 21.6 Å². The van der Waals surface area contributed by atoms with E-state index in [0.29, 0.717) is 39.2 Å². The van der Waals surface area contributed by atoms with Crippen LogP contribution in [0.15, 0.2) is 52.4 Å². The van der Waals surface area contributed by atoms with Gasteiger partial charge in [0.15, 0.2) is 14.8 Å². The third-order valence-electron chi connectivity index (χ3n) is 6.06. The first-order valence-corrected chi connectivity index (χ1v) is 13.9. The number of hydrogen-bond donors (Lipinski definition) is 0. The molecular weight excluding hydrogens is 544 g/mol. The predicted octanol–water partition coefficient (Wildman–Crippen LogP) is 6.21. The third-order valence-corrected chi connectivity index (χ3v) is 8.94. The quantitative estimate of drug-likeness (QED) is 0.370. The number of sulfone groups is 1. The highest BCUT2D eigenvalue weighted by molar-refractivity contribution is 7.91. The first kappa shape index (κ1) is 24.5. The smallest absolute Gasteiger partial charge is 0.234 e. The molecule has 1 fully saturated rings. The van der Waals surface area contributed by atoms with Gasteiger partial charge in [-0.05, 0) is 37.5 Å². The van der Waals surface area contributed by atoms with Crippen molar-refractivity contribution in [3.05, 3.63) is 63.2 Å². The first-order valence-electron chi connectivity index (χ1n) is 10.5. The second-order valence-corrected chi connectivity index (χ2v) is 12.3.